The molecule has 19 heavy (non-hydrogen) atoms. The molecular formula is C9H12BrFN2O4S2. The van der Waals surface area contributed by atoms with Crippen LogP contribution in [0.15, 0.2) is 21.5 Å². The molecule has 0 aliphatic heterocycles. The fraction of sp³-hybridized carbons (Fsp3) is 0.333. The summed E-state index contributed by atoms with van der Waals surface area (Å²) in [5, 5.41) is 0. The van der Waals surface area contributed by atoms with Gasteiger partial charge < -0.3 is 5.73 Å². The summed E-state index contributed by atoms with van der Waals surface area (Å²) in [4.78, 5) is -0.632. The van der Waals surface area contributed by atoms with E-state index in [0.717, 1.165) is 12.3 Å². The summed E-state index contributed by atoms with van der Waals surface area (Å²) in [5.74, 6) is -1.36. The topological polar surface area (TPSA) is 106 Å². The molecule has 10 heteroatoms. The van der Waals surface area contributed by atoms with E-state index in [-0.39, 0.29) is 22.5 Å². The molecule has 6 nitrogen and oxygen atoms in total. The Kier molecular flexibility index (Phi) is 4.93. The number of nitrogens with two attached hydrogens (primary N) is 1. The minimum Gasteiger partial charge on any atom is -0.399 e. The van der Waals surface area contributed by atoms with Crippen molar-refractivity contribution in [3.8, 4) is 0 Å². The number of hydrogen-bond donors (Lipinski definition) is 2. The lowest BCUT2D eigenvalue weighted by molar-refractivity contribution is 0.555. The van der Waals surface area contributed by atoms with Crippen molar-refractivity contribution < 1.29 is 21.2 Å². The number of halogens is 2. The van der Waals surface area contributed by atoms with Crippen molar-refractivity contribution >= 4 is 41.5 Å². The van der Waals surface area contributed by atoms with Crippen molar-refractivity contribution in [2.75, 3.05) is 24.3 Å². The van der Waals surface area contributed by atoms with Crippen molar-refractivity contribution in [3.05, 3.63) is 22.4 Å². The van der Waals surface area contributed by atoms with Gasteiger partial charge in [-0.05, 0) is 28.1 Å². The van der Waals surface area contributed by atoms with E-state index in [1.54, 1.807) is 0 Å². The van der Waals surface area contributed by atoms with Gasteiger partial charge in [-0.2, -0.15) is 0 Å². The van der Waals surface area contributed by atoms with Gasteiger partial charge in [0.2, 0.25) is 10.0 Å². The Morgan fingerprint density at radius 3 is 2.42 bits per heavy atom. The minimum absolute atomic E-state index is 0.0664. The molecular weight excluding hydrogens is 363 g/mol. The highest BCUT2D eigenvalue weighted by atomic mass is 79.9. The molecule has 0 bridgehead atoms. The van der Waals surface area contributed by atoms with E-state index in [1.807, 2.05) is 4.72 Å². The molecule has 0 heterocycles. The molecule has 3 N–H and O–H groups in total. The quantitative estimate of drug-likeness (QED) is 0.729. The summed E-state index contributed by atoms with van der Waals surface area (Å²) in [7, 11) is -7.47. The van der Waals surface area contributed by atoms with Gasteiger partial charge >= 0.3 is 0 Å². The predicted octanol–water partition coefficient (Wildman–Crippen LogP) is 0.493. The second-order valence-electron chi connectivity index (χ2n) is 3.84. The average molecular weight is 375 g/mol. The molecule has 0 amide bonds. The number of sulfonamides is 1. The van der Waals surface area contributed by atoms with Crippen molar-refractivity contribution in [2.45, 2.75) is 4.90 Å². The van der Waals surface area contributed by atoms with Crippen LogP contribution in [0.25, 0.3) is 0 Å². The largest absolute Gasteiger partial charge is 0.399 e. The number of nitrogen functional groups attached to an aromatic ring is 1. The monoisotopic (exact) mass is 374 g/mol. The number of nitrogens with one attached hydrogen (secondary N) is 1. The van der Waals surface area contributed by atoms with Gasteiger partial charge in [-0.1, -0.05) is 0 Å². The fourth-order valence-electron chi connectivity index (χ4n) is 1.22. The second-order valence-corrected chi connectivity index (χ2v) is 8.69. The molecule has 0 saturated carbocycles. The molecule has 0 fully saturated rings. The third kappa shape index (κ3) is 4.71. The highest BCUT2D eigenvalue weighted by Crippen LogP contribution is 2.25. The number of benzene rings is 1. The van der Waals surface area contributed by atoms with Gasteiger partial charge in [0, 0.05) is 18.5 Å². The molecule has 0 aliphatic rings. The fourth-order valence-corrected chi connectivity index (χ4v) is 3.59. The Labute approximate surface area is 119 Å². The number of rotatable bonds is 5. The summed E-state index contributed by atoms with van der Waals surface area (Å²) in [5.41, 5.74) is 5.50. The standard InChI is InChI=1S/C9H12BrFN2O4S2/c1-18(14,15)3-2-13-19(16,17)8-5-6(12)4-7(10)9(8)11/h4-5,13H,2-3,12H2,1H3. The maximum absolute atomic E-state index is 13.7. The van der Waals surface area contributed by atoms with Crippen molar-refractivity contribution in [3.63, 3.8) is 0 Å². The first kappa shape index (κ1) is 16.3. The van der Waals surface area contributed by atoms with E-state index < -0.39 is 30.6 Å². The summed E-state index contributed by atoms with van der Waals surface area (Å²) in [6.45, 7) is -0.340. The van der Waals surface area contributed by atoms with Crippen LogP contribution in [0.2, 0.25) is 0 Å². The molecule has 1 aromatic carbocycles. The molecule has 0 aliphatic carbocycles. The van der Waals surface area contributed by atoms with E-state index in [0.29, 0.717) is 0 Å². The van der Waals surface area contributed by atoms with E-state index >= 15 is 0 Å². The Hall–Kier alpha value is -0.710. The third-order valence-electron chi connectivity index (χ3n) is 2.07. The number of hydrogen-bond acceptors (Lipinski definition) is 5. The van der Waals surface area contributed by atoms with Gasteiger partial charge in [0.05, 0.1) is 10.2 Å². The summed E-state index contributed by atoms with van der Waals surface area (Å²) in [6.07, 6.45) is 0.971. The molecule has 0 atom stereocenters. The SMILES string of the molecule is CS(=O)(=O)CCNS(=O)(=O)c1cc(N)cc(Br)c1F. The number of sulfone groups is 1. The van der Waals surface area contributed by atoms with Crippen molar-refractivity contribution in [1.29, 1.82) is 0 Å². The lowest BCUT2D eigenvalue weighted by Crippen LogP contribution is -2.29. The third-order valence-corrected chi connectivity index (χ3v) is 5.05. The second kappa shape index (κ2) is 5.73. The van der Waals surface area contributed by atoms with E-state index in [4.69, 9.17) is 5.73 Å². The molecule has 108 valence electrons. The van der Waals surface area contributed by atoms with Crippen LogP contribution < -0.4 is 10.5 Å². The first-order chi connectivity index (χ1) is 8.53. The van der Waals surface area contributed by atoms with Crippen LogP contribution in [0.3, 0.4) is 0 Å². The summed E-state index contributed by atoms with van der Waals surface area (Å²) in [6, 6.07) is 2.19. The predicted molar refractivity (Wildman–Crippen MR) is 73.4 cm³/mol. The summed E-state index contributed by atoms with van der Waals surface area (Å²) >= 11 is 2.85. The van der Waals surface area contributed by atoms with Gasteiger partial charge in [0.1, 0.15) is 14.7 Å². The van der Waals surface area contributed by atoms with Crippen LogP contribution in [-0.2, 0) is 19.9 Å². The van der Waals surface area contributed by atoms with Gasteiger partial charge in [0.15, 0.2) is 5.82 Å². The lowest BCUT2D eigenvalue weighted by Gasteiger charge is -2.09. The Bertz CT molecular complexity index is 688. The zero-order valence-electron chi connectivity index (χ0n) is 9.85. The van der Waals surface area contributed by atoms with Gasteiger partial charge in [-0.25, -0.2) is 25.9 Å². The lowest BCUT2D eigenvalue weighted by atomic mass is 10.3. The van der Waals surface area contributed by atoms with Crippen LogP contribution in [0, 0.1) is 5.82 Å². The zero-order chi connectivity index (χ0) is 14.8. The molecule has 0 spiro atoms. The first-order valence-corrected chi connectivity index (χ1v) is 9.28. The molecule has 1 aromatic rings. The van der Waals surface area contributed by atoms with E-state index in [9.17, 15) is 21.2 Å². The van der Waals surface area contributed by atoms with Crippen LogP contribution in [0.1, 0.15) is 0 Å². The van der Waals surface area contributed by atoms with E-state index in [1.165, 1.54) is 6.07 Å². The molecule has 0 saturated heterocycles. The minimum atomic E-state index is -4.16. The van der Waals surface area contributed by atoms with Gasteiger partial charge in [0.25, 0.3) is 0 Å². The summed E-state index contributed by atoms with van der Waals surface area (Å²) < 4.78 is 61.0. The van der Waals surface area contributed by atoms with Gasteiger partial charge in [-0.3, -0.25) is 0 Å². The normalized spacial score (nSPS) is 12.6. The van der Waals surface area contributed by atoms with Crippen LogP contribution >= 0.6 is 15.9 Å². The highest BCUT2D eigenvalue weighted by Gasteiger charge is 2.21. The average Bonchev–Trinajstić information content (AvgIpc) is 2.20. The smallest absolute Gasteiger partial charge is 0.243 e. The van der Waals surface area contributed by atoms with E-state index in [2.05, 4.69) is 15.9 Å². The zero-order valence-corrected chi connectivity index (χ0v) is 13.1. The number of anilines is 1. The molecule has 0 unspecified atom stereocenters. The maximum atomic E-state index is 13.7. The van der Waals surface area contributed by atoms with Crippen LogP contribution in [-0.4, -0.2) is 35.4 Å². The highest BCUT2D eigenvalue weighted by molar-refractivity contribution is 9.10. The van der Waals surface area contributed by atoms with Crippen LogP contribution in [0.5, 0.6) is 0 Å². The van der Waals surface area contributed by atoms with Crippen molar-refractivity contribution in [2.24, 2.45) is 0 Å². The molecule has 0 aromatic heterocycles. The Morgan fingerprint density at radius 1 is 1.32 bits per heavy atom. The molecule has 0 radical (unpaired) electrons. The van der Waals surface area contributed by atoms with Gasteiger partial charge in [-0.15, -0.1) is 0 Å². The Morgan fingerprint density at radius 2 is 1.89 bits per heavy atom. The Balaban J connectivity index is 3.02. The first-order valence-electron chi connectivity index (χ1n) is 4.95. The molecule has 1 rings (SSSR count). The van der Waals surface area contributed by atoms with Crippen LogP contribution in [0.4, 0.5) is 10.1 Å². The maximum Gasteiger partial charge on any atom is 0.243 e. The van der Waals surface area contributed by atoms with Crippen molar-refractivity contribution in [1.82, 2.24) is 4.72 Å².